The summed E-state index contributed by atoms with van der Waals surface area (Å²) in [6.07, 6.45) is 1.96. The Labute approximate surface area is 112 Å². The van der Waals surface area contributed by atoms with E-state index in [0.717, 1.165) is 11.6 Å². The summed E-state index contributed by atoms with van der Waals surface area (Å²) in [4.78, 5) is 6.92. The maximum absolute atomic E-state index is 4.27. The second-order valence-electron chi connectivity index (χ2n) is 3.59. The van der Waals surface area contributed by atoms with Gasteiger partial charge in [0.05, 0.1) is 8.79 Å². The average molecular weight is 317 g/mol. The van der Waals surface area contributed by atoms with Gasteiger partial charge >= 0.3 is 0 Å². The molecule has 1 unspecified atom stereocenters. The van der Waals surface area contributed by atoms with E-state index in [9.17, 15) is 0 Å². The summed E-state index contributed by atoms with van der Waals surface area (Å²) in [5, 5.41) is 4.63. The van der Waals surface area contributed by atoms with Crippen molar-refractivity contribution >= 4 is 38.6 Å². The first-order chi connectivity index (χ1) is 7.65. The molecule has 2 heterocycles. The summed E-state index contributed by atoms with van der Waals surface area (Å²) in [7, 11) is 0. The van der Waals surface area contributed by atoms with Gasteiger partial charge in [-0.2, -0.15) is 0 Å². The van der Waals surface area contributed by atoms with E-state index in [1.54, 1.807) is 22.7 Å². The molecular weight excluding hydrogens is 304 g/mol. The van der Waals surface area contributed by atoms with Crippen molar-refractivity contribution in [3.05, 3.63) is 36.9 Å². The zero-order valence-electron chi connectivity index (χ0n) is 9.16. The lowest BCUT2D eigenvalue weighted by atomic mass is 10.3. The van der Waals surface area contributed by atoms with Gasteiger partial charge in [0.2, 0.25) is 0 Å². The third-order valence-electron chi connectivity index (χ3n) is 2.28. The lowest BCUT2D eigenvalue weighted by molar-refractivity contribution is 0.586. The summed E-state index contributed by atoms with van der Waals surface area (Å²) in [6.45, 7) is 5.13. The van der Waals surface area contributed by atoms with Crippen LogP contribution in [-0.2, 0) is 6.54 Å². The molecule has 0 saturated carbocycles. The molecule has 86 valence electrons. The monoisotopic (exact) mass is 316 g/mol. The number of aromatic nitrogens is 1. The Kier molecular flexibility index (Phi) is 4.13. The molecule has 2 nitrogen and oxygen atoms in total. The highest BCUT2D eigenvalue weighted by atomic mass is 79.9. The Morgan fingerprint density at radius 2 is 2.25 bits per heavy atom. The van der Waals surface area contributed by atoms with Gasteiger partial charge in [0, 0.05) is 28.5 Å². The van der Waals surface area contributed by atoms with Crippen molar-refractivity contribution in [2.24, 2.45) is 0 Å². The number of hydrogen-bond donors (Lipinski definition) is 1. The minimum Gasteiger partial charge on any atom is -0.304 e. The molecule has 16 heavy (non-hydrogen) atoms. The Bertz CT molecular complexity index is 464. The van der Waals surface area contributed by atoms with Crippen molar-refractivity contribution in [3.8, 4) is 0 Å². The normalized spacial score (nSPS) is 12.9. The number of nitrogens with zero attached hydrogens (tertiary/aromatic N) is 1. The van der Waals surface area contributed by atoms with Crippen LogP contribution in [0.3, 0.4) is 0 Å². The quantitative estimate of drug-likeness (QED) is 0.917. The van der Waals surface area contributed by atoms with Crippen LogP contribution in [0, 0.1) is 6.92 Å². The van der Waals surface area contributed by atoms with Gasteiger partial charge in [-0.05, 0) is 41.9 Å². The maximum atomic E-state index is 4.27. The lowest BCUT2D eigenvalue weighted by Gasteiger charge is -2.10. The molecule has 0 aliphatic carbocycles. The molecule has 1 N–H and O–H groups in total. The SMILES string of the molecule is Cc1ncc(C(C)NCc2ccc(Br)s2)s1. The van der Waals surface area contributed by atoms with Crippen LogP contribution in [0.25, 0.3) is 0 Å². The summed E-state index contributed by atoms with van der Waals surface area (Å²) >= 11 is 7.00. The summed E-state index contributed by atoms with van der Waals surface area (Å²) < 4.78 is 1.19. The van der Waals surface area contributed by atoms with Crippen LogP contribution in [0.4, 0.5) is 0 Å². The fraction of sp³-hybridized carbons (Fsp3) is 0.364. The van der Waals surface area contributed by atoms with E-state index in [0.29, 0.717) is 6.04 Å². The van der Waals surface area contributed by atoms with E-state index in [-0.39, 0.29) is 0 Å². The van der Waals surface area contributed by atoms with Crippen LogP contribution in [0.2, 0.25) is 0 Å². The summed E-state index contributed by atoms with van der Waals surface area (Å²) in [5.74, 6) is 0. The highest BCUT2D eigenvalue weighted by Gasteiger charge is 2.08. The van der Waals surface area contributed by atoms with Gasteiger partial charge in [-0.25, -0.2) is 4.98 Å². The average Bonchev–Trinajstić information content (AvgIpc) is 2.84. The third kappa shape index (κ3) is 3.13. The van der Waals surface area contributed by atoms with E-state index >= 15 is 0 Å². The smallest absolute Gasteiger partial charge is 0.0897 e. The van der Waals surface area contributed by atoms with Crippen molar-refractivity contribution in [2.45, 2.75) is 26.4 Å². The molecular formula is C11H13BrN2S2. The Morgan fingerprint density at radius 3 is 2.81 bits per heavy atom. The molecule has 0 aromatic carbocycles. The number of hydrogen-bond acceptors (Lipinski definition) is 4. The van der Waals surface area contributed by atoms with Gasteiger partial charge in [0.15, 0.2) is 0 Å². The number of thiophene rings is 1. The summed E-state index contributed by atoms with van der Waals surface area (Å²) in [5.41, 5.74) is 0. The molecule has 0 radical (unpaired) electrons. The van der Waals surface area contributed by atoms with Crippen LogP contribution < -0.4 is 5.32 Å². The first kappa shape index (κ1) is 12.2. The van der Waals surface area contributed by atoms with E-state index < -0.39 is 0 Å². The first-order valence-electron chi connectivity index (χ1n) is 5.05. The maximum Gasteiger partial charge on any atom is 0.0897 e. The number of aryl methyl sites for hydroxylation is 1. The Morgan fingerprint density at radius 1 is 1.44 bits per heavy atom. The molecule has 2 rings (SSSR count). The van der Waals surface area contributed by atoms with Gasteiger partial charge in [-0.1, -0.05) is 0 Å². The van der Waals surface area contributed by atoms with Gasteiger partial charge in [-0.15, -0.1) is 22.7 Å². The molecule has 0 bridgehead atoms. The van der Waals surface area contributed by atoms with Gasteiger partial charge < -0.3 is 5.32 Å². The van der Waals surface area contributed by atoms with Crippen molar-refractivity contribution in [1.82, 2.24) is 10.3 Å². The van der Waals surface area contributed by atoms with Crippen LogP contribution in [0.1, 0.15) is 27.7 Å². The highest BCUT2D eigenvalue weighted by molar-refractivity contribution is 9.11. The zero-order valence-corrected chi connectivity index (χ0v) is 12.4. The fourth-order valence-corrected chi connectivity index (χ4v) is 3.63. The lowest BCUT2D eigenvalue weighted by Crippen LogP contribution is -2.16. The minimum atomic E-state index is 0.368. The number of nitrogens with one attached hydrogen (secondary N) is 1. The first-order valence-corrected chi connectivity index (χ1v) is 7.47. The van der Waals surface area contributed by atoms with Crippen molar-refractivity contribution in [3.63, 3.8) is 0 Å². The van der Waals surface area contributed by atoms with Gasteiger partial charge in [-0.3, -0.25) is 0 Å². The fourth-order valence-electron chi connectivity index (χ4n) is 1.38. The highest BCUT2D eigenvalue weighted by Crippen LogP contribution is 2.24. The molecule has 0 spiro atoms. The molecule has 0 fully saturated rings. The third-order valence-corrected chi connectivity index (χ3v) is 5.00. The van der Waals surface area contributed by atoms with Crippen LogP contribution in [0.5, 0.6) is 0 Å². The predicted molar refractivity (Wildman–Crippen MR) is 74.1 cm³/mol. The predicted octanol–water partition coefficient (Wildman–Crippen LogP) is 4.13. The Balaban J connectivity index is 1.91. The van der Waals surface area contributed by atoms with E-state index in [1.165, 1.54) is 13.5 Å². The van der Waals surface area contributed by atoms with E-state index in [4.69, 9.17) is 0 Å². The van der Waals surface area contributed by atoms with Crippen molar-refractivity contribution in [1.29, 1.82) is 0 Å². The summed E-state index contributed by atoms with van der Waals surface area (Å²) in [6, 6.07) is 4.60. The second kappa shape index (κ2) is 5.40. The molecule has 0 saturated heterocycles. The molecule has 5 heteroatoms. The van der Waals surface area contributed by atoms with Gasteiger partial charge in [0.25, 0.3) is 0 Å². The number of thiazole rings is 1. The van der Waals surface area contributed by atoms with Crippen LogP contribution in [0.15, 0.2) is 22.1 Å². The van der Waals surface area contributed by atoms with Crippen molar-refractivity contribution in [2.75, 3.05) is 0 Å². The molecule has 2 aromatic rings. The molecule has 1 atom stereocenters. The largest absolute Gasteiger partial charge is 0.304 e. The van der Waals surface area contributed by atoms with Gasteiger partial charge in [0.1, 0.15) is 0 Å². The van der Waals surface area contributed by atoms with Crippen LogP contribution in [-0.4, -0.2) is 4.98 Å². The minimum absolute atomic E-state index is 0.368. The molecule has 0 amide bonds. The molecule has 2 aromatic heterocycles. The Hall–Kier alpha value is -0.230. The second-order valence-corrected chi connectivity index (χ2v) is 7.40. The van der Waals surface area contributed by atoms with Crippen LogP contribution >= 0.6 is 38.6 Å². The zero-order chi connectivity index (χ0) is 11.5. The number of halogens is 1. The topological polar surface area (TPSA) is 24.9 Å². The molecule has 0 aliphatic rings. The van der Waals surface area contributed by atoms with E-state index in [2.05, 4.69) is 45.3 Å². The van der Waals surface area contributed by atoms with Crippen molar-refractivity contribution < 1.29 is 0 Å². The van der Waals surface area contributed by atoms with E-state index in [1.807, 2.05) is 13.1 Å². The molecule has 0 aliphatic heterocycles. The number of rotatable bonds is 4. The standard InChI is InChI=1S/C11H13BrN2S2/c1-7(10-6-14-8(2)15-10)13-5-9-3-4-11(12)16-9/h3-4,6-7,13H,5H2,1-2H3.